The van der Waals surface area contributed by atoms with Gasteiger partial charge < -0.3 is 4.40 Å². The van der Waals surface area contributed by atoms with E-state index >= 15 is 0 Å². The first-order valence-corrected chi connectivity index (χ1v) is 5.58. The van der Waals surface area contributed by atoms with E-state index in [2.05, 4.69) is 9.38 Å². The van der Waals surface area contributed by atoms with Gasteiger partial charge in [0.1, 0.15) is 11.5 Å². The summed E-state index contributed by atoms with van der Waals surface area (Å²) in [7, 11) is 0. The third-order valence-electron chi connectivity index (χ3n) is 3.31. The van der Waals surface area contributed by atoms with Crippen LogP contribution in [0.3, 0.4) is 0 Å². The number of aromatic nitrogens is 2. The van der Waals surface area contributed by atoms with Gasteiger partial charge in [-0.25, -0.2) is 9.37 Å². The molecule has 17 heavy (non-hydrogen) atoms. The van der Waals surface area contributed by atoms with Gasteiger partial charge in [-0.15, -0.1) is 0 Å². The summed E-state index contributed by atoms with van der Waals surface area (Å²) in [5.41, 5.74) is 5.19. The first-order chi connectivity index (χ1) is 8.33. The largest absolute Gasteiger partial charge is 0.303 e. The third kappa shape index (κ3) is 1.11. The molecule has 0 unspecified atom stereocenters. The lowest BCUT2D eigenvalue weighted by molar-refractivity contribution is 0.626. The molecule has 0 saturated carbocycles. The zero-order valence-corrected chi connectivity index (χ0v) is 9.02. The van der Waals surface area contributed by atoms with E-state index in [0.29, 0.717) is 0 Å². The van der Waals surface area contributed by atoms with Crippen molar-refractivity contribution in [2.45, 2.75) is 6.42 Å². The van der Waals surface area contributed by atoms with Gasteiger partial charge in [0.2, 0.25) is 0 Å². The van der Waals surface area contributed by atoms with E-state index < -0.39 is 0 Å². The monoisotopic (exact) mass is 224 g/mol. The van der Waals surface area contributed by atoms with Crippen molar-refractivity contribution in [1.82, 2.24) is 9.38 Å². The minimum atomic E-state index is -0.178. The summed E-state index contributed by atoms with van der Waals surface area (Å²) in [6, 6.07) is 10.9. The number of hydrogen-bond acceptors (Lipinski definition) is 1. The topological polar surface area (TPSA) is 17.3 Å². The van der Waals surface area contributed by atoms with Crippen LogP contribution in [-0.2, 0) is 6.42 Å². The van der Waals surface area contributed by atoms with Crippen LogP contribution in [0.2, 0.25) is 0 Å². The minimum absolute atomic E-state index is 0.178. The zero-order valence-electron chi connectivity index (χ0n) is 9.02. The Labute approximate surface area is 97.4 Å². The first kappa shape index (κ1) is 8.93. The standard InChI is InChI=1S/C14H9FN2/c15-10-4-5-11-9(7-10)8-12-14(11)16-13-3-1-2-6-17(12)13/h1-7H,8H2. The van der Waals surface area contributed by atoms with Crippen LogP contribution in [-0.4, -0.2) is 9.38 Å². The maximum absolute atomic E-state index is 13.2. The Bertz CT molecular complexity index is 743. The molecule has 3 aromatic rings. The van der Waals surface area contributed by atoms with Gasteiger partial charge in [0.15, 0.2) is 0 Å². The van der Waals surface area contributed by atoms with Gasteiger partial charge in [-0.2, -0.15) is 0 Å². The maximum Gasteiger partial charge on any atom is 0.137 e. The second-order valence-electron chi connectivity index (χ2n) is 4.31. The smallest absolute Gasteiger partial charge is 0.137 e. The van der Waals surface area contributed by atoms with E-state index in [1.807, 2.05) is 30.5 Å². The molecule has 2 heterocycles. The first-order valence-electron chi connectivity index (χ1n) is 5.58. The molecule has 1 aliphatic rings. The summed E-state index contributed by atoms with van der Waals surface area (Å²) < 4.78 is 15.3. The maximum atomic E-state index is 13.2. The normalized spacial score (nSPS) is 12.8. The molecule has 2 nitrogen and oxygen atoms in total. The highest BCUT2D eigenvalue weighted by Crippen LogP contribution is 2.36. The lowest BCUT2D eigenvalue weighted by Crippen LogP contribution is -1.90. The SMILES string of the molecule is Fc1ccc2c(c1)Cc1c-2nc2ccccn12. The van der Waals surface area contributed by atoms with E-state index in [1.165, 1.54) is 6.07 Å². The van der Waals surface area contributed by atoms with Crippen molar-refractivity contribution in [3.05, 3.63) is 59.7 Å². The molecule has 4 rings (SSSR count). The molecule has 0 saturated heterocycles. The van der Waals surface area contributed by atoms with Gasteiger partial charge in [0.25, 0.3) is 0 Å². The van der Waals surface area contributed by atoms with Crippen LogP contribution in [0.15, 0.2) is 42.6 Å². The predicted molar refractivity (Wildman–Crippen MR) is 63.4 cm³/mol. The molecule has 0 N–H and O–H groups in total. The molecule has 0 atom stereocenters. The van der Waals surface area contributed by atoms with Gasteiger partial charge in [0, 0.05) is 18.2 Å². The highest BCUT2D eigenvalue weighted by atomic mass is 19.1. The highest BCUT2D eigenvalue weighted by molar-refractivity contribution is 5.75. The third-order valence-corrected chi connectivity index (χ3v) is 3.31. The van der Waals surface area contributed by atoms with Crippen LogP contribution in [0.5, 0.6) is 0 Å². The molecule has 0 spiro atoms. The van der Waals surface area contributed by atoms with E-state index in [0.717, 1.165) is 34.6 Å². The number of nitrogens with zero attached hydrogens (tertiary/aromatic N) is 2. The van der Waals surface area contributed by atoms with Crippen LogP contribution in [0.4, 0.5) is 4.39 Å². The second kappa shape index (κ2) is 2.94. The lowest BCUT2D eigenvalue weighted by Gasteiger charge is -1.99. The predicted octanol–water partition coefficient (Wildman–Crippen LogP) is 3.04. The number of imidazole rings is 1. The van der Waals surface area contributed by atoms with Gasteiger partial charge in [0.05, 0.1) is 11.4 Å². The Kier molecular flexibility index (Phi) is 1.55. The molecule has 0 amide bonds. The number of halogens is 1. The Balaban J connectivity index is 2.06. The van der Waals surface area contributed by atoms with Crippen molar-refractivity contribution in [2.24, 2.45) is 0 Å². The van der Waals surface area contributed by atoms with Gasteiger partial charge in [-0.05, 0) is 35.9 Å². The minimum Gasteiger partial charge on any atom is -0.303 e. The molecule has 1 aliphatic carbocycles. The number of pyridine rings is 1. The van der Waals surface area contributed by atoms with Crippen LogP contribution < -0.4 is 0 Å². The summed E-state index contributed by atoms with van der Waals surface area (Å²) in [4.78, 5) is 4.60. The average molecular weight is 224 g/mol. The molecule has 1 aromatic carbocycles. The van der Waals surface area contributed by atoms with Crippen molar-refractivity contribution in [3.63, 3.8) is 0 Å². The lowest BCUT2D eigenvalue weighted by atomic mass is 10.1. The van der Waals surface area contributed by atoms with Crippen molar-refractivity contribution in [1.29, 1.82) is 0 Å². The van der Waals surface area contributed by atoms with Crippen molar-refractivity contribution in [2.75, 3.05) is 0 Å². The summed E-state index contributed by atoms with van der Waals surface area (Å²) in [6.45, 7) is 0. The quantitative estimate of drug-likeness (QED) is 0.448. The van der Waals surface area contributed by atoms with E-state index in [9.17, 15) is 4.39 Å². The number of benzene rings is 1. The van der Waals surface area contributed by atoms with Crippen LogP contribution in [0.1, 0.15) is 11.3 Å². The van der Waals surface area contributed by atoms with Gasteiger partial charge in [-0.3, -0.25) is 0 Å². The summed E-state index contributed by atoms with van der Waals surface area (Å²) in [5.74, 6) is -0.178. The molecular formula is C14H9FN2. The number of fused-ring (bicyclic) bond motifs is 5. The van der Waals surface area contributed by atoms with E-state index in [4.69, 9.17) is 0 Å². The molecule has 0 fully saturated rings. The summed E-state index contributed by atoms with van der Waals surface area (Å²) in [6.07, 6.45) is 2.76. The molecule has 82 valence electrons. The number of rotatable bonds is 0. The summed E-state index contributed by atoms with van der Waals surface area (Å²) >= 11 is 0. The number of hydrogen-bond donors (Lipinski definition) is 0. The Morgan fingerprint density at radius 2 is 2.12 bits per heavy atom. The Morgan fingerprint density at radius 1 is 1.18 bits per heavy atom. The Hall–Kier alpha value is -2.16. The molecule has 2 aromatic heterocycles. The van der Waals surface area contributed by atoms with Crippen molar-refractivity contribution < 1.29 is 4.39 Å². The highest BCUT2D eigenvalue weighted by Gasteiger charge is 2.23. The fourth-order valence-electron chi connectivity index (χ4n) is 2.55. The molecule has 3 heteroatoms. The van der Waals surface area contributed by atoms with Crippen LogP contribution in [0.25, 0.3) is 16.9 Å². The van der Waals surface area contributed by atoms with Gasteiger partial charge in [-0.1, -0.05) is 6.07 Å². The average Bonchev–Trinajstić information content (AvgIpc) is 2.84. The van der Waals surface area contributed by atoms with Crippen molar-refractivity contribution in [3.8, 4) is 11.3 Å². The zero-order chi connectivity index (χ0) is 11.4. The van der Waals surface area contributed by atoms with E-state index in [1.54, 1.807) is 6.07 Å². The van der Waals surface area contributed by atoms with Crippen LogP contribution in [0, 0.1) is 5.82 Å². The van der Waals surface area contributed by atoms with Gasteiger partial charge >= 0.3 is 0 Å². The van der Waals surface area contributed by atoms with E-state index in [-0.39, 0.29) is 5.82 Å². The molecule has 0 aliphatic heterocycles. The van der Waals surface area contributed by atoms with Crippen LogP contribution >= 0.6 is 0 Å². The summed E-state index contributed by atoms with van der Waals surface area (Å²) in [5, 5.41) is 0. The molecule has 0 bridgehead atoms. The van der Waals surface area contributed by atoms with Crippen molar-refractivity contribution >= 4 is 5.65 Å². The fraction of sp³-hybridized carbons (Fsp3) is 0.0714. The second-order valence-corrected chi connectivity index (χ2v) is 4.31. The Morgan fingerprint density at radius 3 is 3.06 bits per heavy atom. The fourth-order valence-corrected chi connectivity index (χ4v) is 2.55. The molecular weight excluding hydrogens is 215 g/mol. The molecule has 0 radical (unpaired) electrons.